The number of thiophene rings is 1. The van der Waals surface area contributed by atoms with Crippen LogP contribution in [0.25, 0.3) is 32.1 Å². The molecule has 2 heterocycles. The largest absolute Gasteiger partial charge is 0.392 e. The Morgan fingerprint density at radius 1 is 1.14 bits per heavy atom. The van der Waals surface area contributed by atoms with Crippen molar-refractivity contribution in [2.24, 2.45) is 0 Å². The highest BCUT2D eigenvalue weighted by atomic mass is 32.1. The lowest BCUT2D eigenvalue weighted by atomic mass is 9.92. The van der Waals surface area contributed by atoms with Crippen LogP contribution in [0.4, 0.5) is 8.78 Å². The van der Waals surface area contributed by atoms with Gasteiger partial charge in [-0.05, 0) is 43.6 Å². The normalized spacial score (nSPS) is 12.9. The number of hydrogen-bond acceptors (Lipinski definition) is 4. The average molecular weight is 414 g/mol. The zero-order valence-electron chi connectivity index (χ0n) is 16.2. The van der Waals surface area contributed by atoms with Crippen molar-refractivity contribution in [1.29, 1.82) is 0 Å². The molecule has 4 rings (SSSR count). The Morgan fingerprint density at radius 2 is 1.83 bits per heavy atom. The number of H-pyrrole nitrogens is 1. The molecule has 0 aliphatic heterocycles. The van der Waals surface area contributed by atoms with Crippen LogP contribution in [0.2, 0.25) is 0 Å². The van der Waals surface area contributed by atoms with E-state index in [0.29, 0.717) is 26.6 Å². The first-order valence-electron chi connectivity index (χ1n) is 9.15. The number of aliphatic hydroxyl groups is 1. The Hall–Kier alpha value is -2.61. The van der Waals surface area contributed by atoms with Gasteiger partial charge in [-0.1, -0.05) is 24.3 Å². The number of benzene rings is 2. The van der Waals surface area contributed by atoms with Crippen molar-refractivity contribution in [1.82, 2.24) is 9.88 Å². The second-order valence-corrected chi connectivity index (χ2v) is 8.18. The number of halogens is 2. The lowest BCUT2D eigenvalue weighted by Gasteiger charge is -2.21. The maximum atomic E-state index is 14.8. The third kappa shape index (κ3) is 3.06. The van der Waals surface area contributed by atoms with Gasteiger partial charge in [0.25, 0.3) is 5.56 Å². The maximum Gasteiger partial charge on any atom is 0.266 e. The number of aromatic nitrogens is 1. The van der Waals surface area contributed by atoms with Crippen LogP contribution in [0.15, 0.2) is 40.5 Å². The first-order valence-corrected chi connectivity index (χ1v) is 10.0. The van der Waals surface area contributed by atoms with E-state index in [9.17, 15) is 18.7 Å². The molecule has 0 amide bonds. The fraction of sp³-hybridized carbons (Fsp3) is 0.227. The summed E-state index contributed by atoms with van der Waals surface area (Å²) in [6.07, 6.45) is 0. The average Bonchev–Trinajstić information content (AvgIpc) is 3.21. The van der Waals surface area contributed by atoms with Crippen LogP contribution in [0.3, 0.4) is 0 Å². The molecule has 2 N–H and O–H groups in total. The Morgan fingerprint density at radius 3 is 2.45 bits per heavy atom. The van der Waals surface area contributed by atoms with Gasteiger partial charge in [0.05, 0.1) is 12.1 Å². The zero-order valence-corrected chi connectivity index (χ0v) is 17.0. The van der Waals surface area contributed by atoms with Crippen molar-refractivity contribution in [3.05, 3.63) is 68.8 Å². The van der Waals surface area contributed by atoms with Crippen LogP contribution < -0.4 is 5.56 Å². The van der Waals surface area contributed by atoms with E-state index in [1.807, 2.05) is 38.4 Å². The SMILES string of the molecule is CC(c1ccc(-c2c(CO)c(F)c(F)c3[nH]c(=O)c4sccc4c23)cc1)N(C)C. The molecule has 2 aromatic carbocycles. The molecule has 0 radical (unpaired) electrons. The van der Waals surface area contributed by atoms with Gasteiger partial charge in [-0.25, -0.2) is 8.78 Å². The number of rotatable bonds is 4. The summed E-state index contributed by atoms with van der Waals surface area (Å²) >= 11 is 1.24. The van der Waals surface area contributed by atoms with E-state index in [2.05, 4.69) is 16.8 Å². The molecular weight excluding hydrogens is 394 g/mol. The second-order valence-electron chi connectivity index (χ2n) is 7.27. The second kappa shape index (κ2) is 7.33. The summed E-state index contributed by atoms with van der Waals surface area (Å²) in [5.74, 6) is -2.30. The quantitative estimate of drug-likeness (QED) is 0.504. The van der Waals surface area contributed by atoms with Crippen molar-refractivity contribution in [2.75, 3.05) is 14.1 Å². The molecule has 7 heteroatoms. The maximum absolute atomic E-state index is 14.8. The molecule has 4 aromatic rings. The molecule has 150 valence electrons. The van der Waals surface area contributed by atoms with Gasteiger partial charge >= 0.3 is 0 Å². The third-order valence-corrected chi connectivity index (χ3v) is 6.39. The number of nitrogens with zero attached hydrogens (tertiary/aromatic N) is 1. The zero-order chi connectivity index (χ0) is 20.9. The predicted octanol–water partition coefficient (Wildman–Crippen LogP) is 4.80. The number of aromatic amines is 1. The molecular formula is C22H20F2N2O2S. The van der Waals surface area contributed by atoms with Crippen LogP contribution in [-0.4, -0.2) is 29.1 Å². The summed E-state index contributed by atoms with van der Waals surface area (Å²) in [5.41, 5.74) is 1.35. The molecule has 0 spiro atoms. The van der Waals surface area contributed by atoms with Crippen LogP contribution in [0, 0.1) is 11.6 Å². The van der Waals surface area contributed by atoms with Gasteiger partial charge in [-0.2, -0.15) is 0 Å². The number of nitrogens with one attached hydrogen (secondary N) is 1. The fourth-order valence-electron chi connectivity index (χ4n) is 3.67. The first kappa shape index (κ1) is 19.7. The Labute approximate surface area is 170 Å². The minimum Gasteiger partial charge on any atom is -0.392 e. The number of fused-ring (bicyclic) bond motifs is 3. The summed E-state index contributed by atoms with van der Waals surface area (Å²) < 4.78 is 30.0. The molecule has 2 aromatic heterocycles. The van der Waals surface area contributed by atoms with Gasteiger partial charge in [0.2, 0.25) is 0 Å². The van der Waals surface area contributed by atoms with Crippen molar-refractivity contribution in [2.45, 2.75) is 19.6 Å². The first-order chi connectivity index (χ1) is 13.8. The van der Waals surface area contributed by atoms with E-state index >= 15 is 0 Å². The van der Waals surface area contributed by atoms with Crippen LogP contribution in [0.5, 0.6) is 0 Å². The van der Waals surface area contributed by atoms with Crippen LogP contribution in [0.1, 0.15) is 24.1 Å². The lowest BCUT2D eigenvalue weighted by Crippen LogP contribution is -2.16. The van der Waals surface area contributed by atoms with Gasteiger partial charge in [-0.15, -0.1) is 11.3 Å². The highest BCUT2D eigenvalue weighted by molar-refractivity contribution is 7.17. The Bertz CT molecular complexity index is 1280. The molecule has 0 aliphatic carbocycles. The monoisotopic (exact) mass is 414 g/mol. The minimum atomic E-state index is -1.16. The van der Waals surface area contributed by atoms with E-state index in [1.54, 1.807) is 11.4 Å². The molecule has 0 bridgehead atoms. The number of pyridine rings is 1. The lowest BCUT2D eigenvalue weighted by molar-refractivity contribution is 0.274. The summed E-state index contributed by atoms with van der Waals surface area (Å²) in [4.78, 5) is 16.9. The summed E-state index contributed by atoms with van der Waals surface area (Å²) in [6, 6.07) is 9.45. The fourth-order valence-corrected chi connectivity index (χ4v) is 4.47. The smallest absolute Gasteiger partial charge is 0.266 e. The molecule has 0 saturated heterocycles. The van der Waals surface area contributed by atoms with E-state index < -0.39 is 23.8 Å². The van der Waals surface area contributed by atoms with Crippen molar-refractivity contribution >= 4 is 32.3 Å². The van der Waals surface area contributed by atoms with Crippen LogP contribution in [-0.2, 0) is 6.61 Å². The van der Waals surface area contributed by atoms with Crippen LogP contribution >= 0.6 is 11.3 Å². The van der Waals surface area contributed by atoms with Gasteiger partial charge in [0.15, 0.2) is 11.6 Å². The highest BCUT2D eigenvalue weighted by Gasteiger charge is 2.24. The van der Waals surface area contributed by atoms with Gasteiger partial charge in [0, 0.05) is 27.9 Å². The number of aliphatic hydroxyl groups excluding tert-OH is 1. The van der Waals surface area contributed by atoms with E-state index in [-0.39, 0.29) is 17.1 Å². The summed E-state index contributed by atoms with van der Waals surface area (Å²) in [7, 11) is 3.96. The highest BCUT2D eigenvalue weighted by Crippen LogP contribution is 2.39. The topological polar surface area (TPSA) is 56.3 Å². The summed E-state index contributed by atoms with van der Waals surface area (Å²) in [5, 5.41) is 12.5. The minimum absolute atomic E-state index is 0.122. The molecule has 1 atom stereocenters. The van der Waals surface area contributed by atoms with Gasteiger partial charge in [0.1, 0.15) is 4.70 Å². The summed E-state index contributed by atoms with van der Waals surface area (Å²) in [6.45, 7) is 1.41. The van der Waals surface area contributed by atoms with E-state index in [4.69, 9.17) is 0 Å². The Balaban J connectivity index is 2.09. The van der Waals surface area contributed by atoms with Crippen molar-refractivity contribution in [3.63, 3.8) is 0 Å². The third-order valence-electron chi connectivity index (χ3n) is 5.47. The molecule has 4 nitrogen and oxygen atoms in total. The van der Waals surface area contributed by atoms with E-state index in [1.165, 1.54) is 11.3 Å². The molecule has 0 aliphatic rings. The number of hydrogen-bond donors (Lipinski definition) is 2. The molecule has 0 saturated carbocycles. The molecule has 1 unspecified atom stereocenters. The standard InChI is InChI=1S/C22H20F2N2O2S/c1-11(26(2)3)12-4-6-13(7-5-12)16-15(10-27)18(23)19(24)20-17(16)14-8-9-29-21(14)22(28)25-20/h4-9,11,27H,10H2,1-3H3,(H,25,28). The molecule has 0 fully saturated rings. The Kier molecular flexibility index (Phi) is 4.98. The van der Waals surface area contributed by atoms with Gasteiger partial charge < -0.3 is 15.0 Å². The van der Waals surface area contributed by atoms with Crippen molar-refractivity contribution in [3.8, 4) is 11.1 Å². The molecule has 29 heavy (non-hydrogen) atoms. The predicted molar refractivity (Wildman–Crippen MR) is 113 cm³/mol. The van der Waals surface area contributed by atoms with E-state index in [0.717, 1.165) is 5.56 Å². The van der Waals surface area contributed by atoms with Crippen molar-refractivity contribution < 1.29 is 13.9 Å². The van der Waals surface area contributed by atoms with Gasteiger partial charge in [-0.3, -0.25) is 4.79 Å².